The van der Waals surface area contributed by atoms with Crippen LogP contribution in [0.2, 0.25) is 0 Å². The predicted octanol–water partition coefficient (Wildman–Crippen LogP) is 1.75. The zero-order chi connectivity index (χ0) is 16.6. The summed E-state index contributed by atoms with van der Waals surface area (Å²) in [4.78, 5) is 40.4. The van der Waals surface area contributed by atoms with E-state index in [1.54, 1.807) is 0 Å². The van der Waals surface area contributed by atoms with Gasteiger partial charge in [0.05, 0.1) is 0 Å². The Kier molecular flexibility index (Phi) is 4.34. The van der Waals surface area contributed by atoms with Crippen molar-refractivity contribution in [3.63, 3.8) is 0 Å². The number of piperidine rings is 1. The summed E-state index contributed by atoms with van der Waals surface area (Å²) in [5.41, 5.74) is -0.738. The summed E-state index contributed by atoms with van der Waals surface area (Å²) in [5.74, 6) is 0.624. The predicted molar refractivity (Wildman–Crippen MR) is 85.6 cm³/mol. The summed E-state index contributed by atoms with van der Waals surface area (Å²) >= 11 is 0. The lowest BCUT2D eigenvalue weighted by atomic mass is 9.82. The Bertz CT molecular complexity index is 503. The highest BCUT2D eigenvalue weighted by molar-refractivity contribution is 6.09. The molecule has 6 heteroatoms. The summed E-state index contributed by atoms with van der Waals surface area (Å²) in [7, 11) is 0. The van der Waals surface area contributed by atoms with Gasteiger partial charge in [0.15, 0.2) is 0 Å². The van der Waals surface area contributed by atoms with Crippen molar-refractivity contribution < 1.29 is 14.4 Å². The highest BCUT2D eigenvalue weighted by Gasteiger charge is 2.51. The average Bonchev–Trinajstić information content (AvgIpc) is 2.71. The van der Waals surface area contributed by atoms with Gasteiger partial charge in [-0.3, -0.25) is 14.5 Å². The number of nitrogens with zero attached hydrogens (tertiary/aromatic N) is 2. The third-order valence-corrected chi connectivity index (χ3v) is 5.47. The van der Waals surface area contributed by atoms with E-state index in [2.05, 4.69) is 19.2 Å². The van der Waals surface area contributed by atoms with Crippen LogP contribution in [0.1, 0.15) is 52.4 Å². The molecule has 3 rings (SSSR count). The zero-order valence-corrected chi connectivity index (χ0v) is 14.1. The van der Waals surface area contributed by atoms with Gasteiger partial charge in [-0.1, -0.05) is 33.1 Å². The van der Waals surface area contributed by atoms with Crippen molar-refractivity contribution in [1.29, 1.82) is 0 Å². The number of rotatable bonds is 2. The summed E-state index contributed by atoms with van der Waals surface area (Å²) in [6.45, 7) is 5.60. The van der Waals surface area contributed by atoms with Crippen molar-refractivity contribution in [3.8, 4) is 0 Å². The van der Waals surface area contributed by atoms with Gasteiger partial charge in [-0.2, -0.15) is 0 Å². The summed E-state index contributed by atoms with van der Waals surface area (Å²) in [5, 5.41) is 2.86. The van der Waals surface area contributed by atoms with E-state index in [9.17, 15) is 14.4 Å². The van der Waals surface area contributed by atoms with Gasteiger partial charge in [0.1, 0.15) is 12.1 Å². The fourth-order valence-corrected chi connectivity index (χ4v) is 4.42. The fourth-order valence-electron chi connectivity index (χ4n) is 4.42. The van der Waals surface area contributed by atoms with Crippen LogP contribution in [0.15, 0.2) is 0 Å². The first kappa shape index (κ1) is 16.3. The molecule has 3 aliphatic rings. The standard InChI is InChI=1S/C17H27N3O3/c1-12-8-13(2)10-19(9-12)14(21)11-20-15(22)17(18-16(20)23)6-4-3-5-7-17/h12-13H,3-11H2,1-2H3,(H,18,23)/t12-,13-/m1/s1. The van der Waals surface area contributed by atoms with Crippen LogP contribution in [0.3, 0.4) is 0 Å². The summed E-state index contributed by atoms with van der Waals surface area (Å²) < 4.78 is 0. The van der Waals surface area contributed by atoms with Gasteiger partial charge in [-0.05, 0) is 31.1 Å². The van der Waals surface area contributed by atoms with Gasteiger partial charge < -0.3 is 10.2 Å². The Labute approximate surface area is 137 Å². The maximum Gasteiger partial charge on any atom is 0.325 e. The minimum absolute atomic E-state index is 0.111. The van der Waals surface area contributed by atoms with Crippen LogP contribution in [0.25, 0.3) is 0 Å². The van der Waals surface area contributed by atoms with E-state index in [0.29, 0.717) is 24.7 Å². The molecule has 1 N–H and O–H groups in total. The van der Waals surface area contributed by atoms with Crippen LogP contribution < -0.4 is 5.32 Å². The first-order valence-corrected chi connectivity index (χ1v) is 8.83. The number of urea groups is 1. The highest BCUT2D eigenvalue weighted by Crippen LogP contribution is 2.33. The van der Waals surface area contributed by atoms with E-state index >= 15 is 0 Å². The van der Waals surface area contributed by atoms with Crippen molar-refractivity contribution in [3.05, 3.63) is 0 Å². The SMILES string of the molecule is C[C@@H]1C[C@@H](C)CN(C(=O)CN2C(=O)NC3(CCCCC3)C2=O)C1. The van der Waals surface area contributed by atoms with Crippen molar-refractivity contribution >= 4 is 17.8 Å². The maximum atomic E-state index is 12.7. The molecule has 2 aliphatic heterocycles. The number of nitrogens with one attached hydrogen (secondary N) is 1. The number of carbonyl (C=O) groups excluding carboxylic acids is 3. The molecule has 3 fully saturated rings. The minimum Gasteiger partial charge on any atom is -0.341 e. The Morgan fingerprint density at radius 2 is 1.74 bits per heavy atom. The molecule has 128 valence electrons. The number of likely N-dealkylation sites (tertiary alicyclic amines) is 1. The smallest absolute Gasteiger partial charge is 0.325 e. The lowest BCUT2D eigenvalue weighted by Gasteiger charge is -2.35. The first-order valence-electron chi connectivity index (χ1n) is 8.83. The van der Waals surface area contributed by atoms with Crippen molar-refractivity contribution in [2.24, 2.45) is 11.8 Å². The topological polar surface area (TPSA) is 69.7 Å². The Hall–Kier alpha value is -1.59. The van der Waals surface area contributed by atoms with Crippen LogP contribution in [0, 0.1) is 11.8 Å². The largest absolute Gasteiger partial charge is 0.341 e. The van der Waals surface area contributed by atoms with Crippen molar-refractivity contribution in [2.75, 3.05) is 19.6 Å². The lowest BCUT2D eigenvalue weighted by molar-refractivity contribution is -0.141. The Balaban J connectivity index is 1.66. The van der Waals surface area contributed by atoms with E-state index in [-0.39, 0.29) is 18.4 Å². The third-order valence-electron chi connectivity index (χ3n) is 5.47. The second-order valence-electron chi connectivity index (χ2n) is 7.71. The van der Waals surface area contributed by atoms with Gasteiger partial charge in [-0.25, -0.2) is 4.79 Å². The van der Waals surface area contributed by atoms with Crippen molar-refractivity contribution in [2.45, 2.75) is 57.9 Å². The van der Waals surface area contributed by atoms with Crippen LogP contribution in [0.5, 0.6) is 0 Å². The Morgan fingerprint density at radius 1 is 1.13 bits per heavy atom. The molecular weight excluding hydrogens is 294 g/mol. The molecule has 1 spiro atoms. The van der Waals surface area contributed by atoms with Gasteiger partial charge in [0.2, 0.25) is 5.91 Å². The van der Waals surface area contributed by atoms with E-state index in [4.69, 9.17) is 0 Å². The van der Waals surface area contributed by atoms with Crippen LogP contribution >= 0.6 is 0 Å². The number of imide groups is 1. The third kappa shape index (κ3) is 3.08. The maximum absolute atomic E-state index is 12.7. The molecule has 0 aromatic heterocycles. The molecule has 2 heterocycles. The normalized spacial score (nSPS) is 30.7. The molecule has 0 unspecified atom stereocenters. The number of amides is 4. The van der Waals surface area contributed by atoms with Crippen LogP contribution in [-0.2, 0) is 9.59 Å². The fraction of sp³-hybridized carbons (Fsp3) is 0.824. The van der Waals surface area contributed by atoms with Crippen molar-refractivity contribution in [1.82, 2.24) is 15.1 Å². The minimum atomic E-state index is -0.738. The molecule has 0 radical (unpaired) electrons. The number of carbonyl (C=O) groups is 3. The molecule has 1 aliphatic carbocycles. The molecule has 23 heavy (non-hydrogen) atoms. The van der Waals surface area contributed by atoms with Gasteiger partial charge in [0, 0.05) is 13.1 Å². The summed E-state index contributed by atoms with van der Waals surface area (Å²) in [6.07, 6.45) is 5.52. The molecule has 2 atom stereocenters. The van der Waals surface area contributed by atoms with E-state index < -0.39 is 11.6 Å². The molecule has 2 saturated heterocycles. The molecule has 0 aromatic rings. The average molecular weight is 321 g/mol. The molecule has 0 aromatic carbocycles. The van der Waals surface area contributed by atoms with Crippen LogP contribution in [0.4, 0.5) is 4.79 Å². The van der Waals surface area contributed by atoms with Gasteiger partial charge in [0.25, 0.3) is 5.91 Å². The molecule has 1 saturated carbocycles. The monoisotopic (exact) mass is 321 g/mol. The van der Waals surface area contributed by atoms with Gasteiger partial charge >= 0.3 is 6.03 Å². The lowest BCUT2D eigenvalue weighted by Crippen LogP contribution is -2.50. The summed E-state index contributed by atoms with van der Waals surface area (Å²) in [6, 6.07) is -0.400. The van der Waals surface area contributed by atoms with Crippen LogP contribution in [-0.4, -0.2) is 52.8 Å². The van der Waals surface area contributed by atoms with E-state index in [1.807, 2.05) is 4.90 Å². The van der Waals surface area contributed by atoms with E-state index in [1.165, 1.54) is 0 Å². The highest BCUT2D eigenvalue weighted by atomic mass is 16.2. The first-order chi connectivity index (χ1) is 10.9. The molecular formula is C17H27N3O3. The van der Waals surface area contributed by atoms with Gasteiger partial charge in [-0.15, -0.1) is 0 Å². The second kappa shape index (κ2) is 6.13. The molecule has 0 bridgehead atoms. The second-order valence-corrected chi connectivity index (χ2v) is 7.71. The zero-order valence-electron chi connectivity index (χ0n) is 14.1. The Morgan fingerprint density at radius 3 is 2.35 bits per heavy atom. The number of hydrogen-bond acceptors (Lipinski definition) is 3. The quantitative estimate of drug-likeness (QED) is 0.788. The molecule has 6 nitrogen and oxygen atoms in total. The van der Waals surface area contributed by atoms with E-state index in [0.717, 1.165) is 43.7 Å². The number of hydrogen-bond donors (Lipinski definition) is 1. The molecule has 4 amide bonds.